The molecular formula is C7H8IN3OS. The predicted molar refractivity (Wildman–Crippen MR) is 59.7 cm³/mol. The fourth-order valence-corrected chi connectivity index (χ4v) is 3.46. The first kappa shape index (κ1) is 9.45. The summed E-state index contributed by atoms with van der Waals surface area (Å²) >= 11 is 3.90. The van der Waals surface area contributed by atoms with Crippen LogP contribution >= 0.6 is 34.4 Å². The van der Waals surface area contributed by atoms with Crippen molar-refractivity contribution in [2.24, 2.45) is 0 Å². The number of nitrogens with zero attached hydrogens (tertiary/aromatic N) is 3. The van der Waals surface area contributed by atoms with Crippen LogP contribution in [0.2, 0.25) is 0 Å². The minimum Gasteiger partial charge on any atom is -0.280 e. The summed E-state index contributed by atoms with van der Waals surface area (Å²) in [6.45, 7) is 1.70. The molecule has 0 saturated heterocycles. The molecule has 0 spiro atoms. The Labute approximate surface area is 93.3 Å². The zero-order valence-corrected chi connectivity index (χ0v) is 10.0. The molecule has 0 amide bonds. The van der Waals surface area contributed by atoms with Gasteiger partial charge in [0.2, 0.25) is 0 Å². The second-order valence-corrected chi connectivity index (χ2v) is 4.73. The van der Waals surface area contributed by atoms with Gasteiger partial charge in [0.15, 0.2) is 5.16 Å². The Morgan fingerprint density at radius 1 is 1.69 bits per heavy atom. The molecule has 0 N–H and O–H groups in total. The maximum Gasteiger partial charge on any atom is 0.276 e. The molecule has 1 aliphatic heterocycles. The third-order valence-corrected chi connectivity index (χ3v) is 4.07. The van der Waals surface area contributed by atoms with Crippen LogP contribution in [-0.4, -0.2) is 24.9 Å². The maximum absolute atomic E-state index is 11.7. The van der Waals surface area contributed by atoms with Crippen molar-refractivity contribution in [2.45, 2.75) is 18.1 Å². The van der Waals surface area contributed by atoms with Gasteiger partial charge in [-0.15, -0.1) is 10.2 Å². The largest absolute Gasteiger partial charge is 0.280 e. The van der Waals surface area contributed by atoms with Gasteiger partial charge in [-0.25, -0.2) is 0 Å². The molecule has 1 aromatic heterocycles. The summed E-state index contributed by atoms with van der Waals surface area (Å²) in [6, 6.07) is 0.294. The molecule has 1 unspecified atom stereocenters. The number of fused-ring (bicyclic) bond motifs is 1. The first-order valence-corrected chi connectivity index (χ1v) is 6.39. The second kappa shape index (κ2) is 3.56. The van der Waals surface area contributed by atoms with E-state index < -0.39 is 0 Å². The number of hydrogen-bond acceptors (Lipinski definition) is 4. The van der Waals surface area contributed by atoms with Crippen LogP contribution in [-0.2, 0) is 0 Å². The van der Waals surface area contributed by atoms with E-state index in [0.717, 1.165) is 15.3 Å². The molecule has 0 aliphatic carbocycles. The molecule has 0 aromatic carbocycles. The molecule has 0 fully saturated rings. The highest BCUT2D eigenvalue weighted by Gasteiger charge is 2.25. The fraction of sp³-hybridized carbons (Fsp3) is 0.571. The van der Waals surface area contributed by atoms with Crippen LogP contribution in [0, 0.1) is 6.92 Å². The van der Waals surface area contributed by atoms with Crippen molar-refractivity contribution in [3.05, 3.63) is 16.0 Å². The number of aryl methyl sites for hydroxylation is 1. The van der Waals surface area contributed by atoms with Crippen molar-refractivity contribution in [1.29, 1.82) is 0 Å². The number of halogens is 1. The number of alkyl halides is 1. The number of thioether (sulfide) groups is 1. The molecule has 70 valence electrons. The molecular weight excluding hydrogens is 301 g/mol. The van der Waals surface area contributed by atoms with Crippen molar-refractivity contribution >= 4 is 34.4 Å². The van der Waals surface area contributed by atoms with Gasteiger partial charge in [0.05, 0.1) is 6.04 Å². The summed E-state index contributed by atoms with van der Waals surface area (Å²) in [7, 11) is 0. The Balaban J connectivity index is 2.61. The molecule has 0 radical (unpaired) electrons. The van der Waals surface area contributed by atoms with E-state index in [-0.39, 0.29) is 5.56 Å². The van der Waals surface area contributed by atoms with Crippen molar-refractivity contribution < 1.29 is 0 Å². The topological polar surface area (TPSA) is 47.8 Å². The Hall–Kier alpha value is -0.110. The lowest BCUT2D eigenvalue weighted by atomic mass is 10.4. The highest BCUT2D eigenvalue weighted by Crippen LogP contribution is 2.30. The maximum atomic E-state index is 11.7. The van der Waals surface area contributed by atoms with Crippen LogP contribution in [0.15, 0.2) is 9.95 Å². The van der Waals surface area contributed by atoms with E-state index in [2.05, 4.69) is 32.8 Å². The Morgan fingerprint density at radius 3 is 3.15 bits per heavy atom. The van der Waals surface area contributed by atoms with Gasteiger partial charge in [0, 0.05) is 10.2 Å². The minimum absolute atomic E-state index is 0.0108. The molecule has 0 saturated carbocycles. The van der Waals surface area contributed by atoms with E-state index in [1.165, 1.54) is 0 Å². The van der Waals surface area contributed by atoms with Crippen LogP contribution in [0.5, 0.6) is 0 Å². The number of hydrogen-bond donors (Lipinski definition) is 0. The van der Waals surface area contributed by atoms with Gasteiger partial charge >= 0.3 is 0 Å². The standard InChI is InChI=1S/C7H8IN3OS/c1-4-6(12)11-5(2-8)3-13-7(11)10-9-4/h5H,2-3H2,1H3. The lowest BCUT2D eigenvalue weighted by Crippen LogP contribution is -2.28. The smallest absolute Gasteiger partial charge is 0.276 e. The Kier molecular flexibility index (Phi) is 2.59. The van der Waals surface area contributed by atoms with Crippen molar-refractivity contribution in [2.75, 3.05) is 10.2 Å². The second-order valence-electron chi connectivity index (χ2n) is 2.86. The number of aromatic nitrogens is 3. The predicted octanol–water partition coefficient (Wildman–Crippen LogP) is 1.03. The third-order valence-electron chi connectivity index (χ3n) is 1.97. The Bertz CT molecular complexity index is 392. The van der Waals surface area contributed by atoms with Crippen LogP contribution < -0.4 is 5.56 Å². The quantitative estimate of drug-likeness (QED) is 0.574. The summed E-state index contributed by atoms with van der Waals surface area (Å²) in [5, 5.41) is 8.56. The Morgan fingerprint density at radius 2 is 2.46 bits per heavy atom. The molecule has 4 nitrogen and oxygen atoms in total. The zero-order chi connectivity index (χ0) is 9.42. The average Bonchev–Trinajstić information content (AvgIpc) is 2.55. The molecule has 2 heterocycles. The van der Waals surface area contributed by atoms with Crippen molar-refractivity contribution in [3.8, 4) is 0 Å². The zero-order valence-electron chi connectivity index (χ0n) is 7.03. The van der Waals surface area contributed by atoms with Gasteiger partial charge in [0.25, 0.3) is 5.56 Å². The molecule has 2 rings (SSSR count). The summed E-state index contributed by atoms with van der Waals surface area (Å²) in [6.07, 6.45) is 0. The molecule has 0 bridgehead atoms. The third kappa shape index (κ3) is 1.50. The average molecular weight is 309 g/mol. The van der Waals surface area contributed by atoms with Crippen LogP contribution in [0.3, 0.4) is 0 Å². The van der Waals surface area contributed by atoms with E-state index >= 15 is 0 Å². The van der Waals surface area contributed by atoms with E-state index in [9.17, 15) is 4.79 Å². The van der Waals surface area contributed by atoms with Crippen LogP contribution in [0.4, 0.5) is 0 Å². The highest BCUT2D eigenvalue weighted by molar-refractivity contribution is 14.1. The van der Waals surface area contributed by atoms with Gasteiger partial charge in [0.1, 0.15) is 5.69 Å². The van der Waals surface area contributed by atoms with E-state index in [0.29, 0.717) is 11.7 Å². The van der Waals surface area contributed by atoms with E-state index in [1.54, 1.807) is 23.3 Å². The van der Waals surface area contributed by atoms with Gasteiger partial charge in [-0.05, 0) is 6.92 Å². The molecule has 1 aliphatic rings. The van der Waals surface area contributed by atoms with Crippen LogP contribution in [0.25, 0.3) is 0 Å². The molecule has 13 heavy (non-hydrogen) atoms. The monoisotopic (exact) mass is 309 g/mol. The SMILES string of the molecule is Cc1nnc2n(c1=O)C(CI)CS2. The summed E-state index contributed by atoms with van der Waals surface area (Å²) in [5.41, 5.74) is 0.498. The van der Waals surface area contributed by atoms with Gasteiger partial charge in [-0.2, -0.15) is 0 Å². The lowest BCUT2D eigenvalue weighted by molar-refractivity contribution is 0.531. The summed E-state index contributed by atoms with van der Waals surface area (Å²) < 4.78 is 2.71. The molecule has 1 atom stereocenters. The van der Waals surface area contributed by atoms with Crippen LogP contribution in [0.1, 0.15) is 11.7 Å². The van der Waals surface area contributed by atoms with Gasteiger partial charge in [-0.1, -0.05) is 34.4 Å². The first-order chi connectivity index (χ1) is 6.24. The van der Waals surface area contributed by atoms with Crippen molar-refractivity contribution in [3.63, 3.8) is 0 Å². The molecule has 1 aromatic rings. The lowest BCUT2D eigenvalue weighted by Gasteiger charge is -2.08. The normalized spacial score (nSPS) is 20.3. The summed E-state index contributed by atoms with van der Waals surface area (Å²) in [5.74, 6) is 0.941. The first-order valence-electron chi connectivity index (χ1n) is 3.88. The van der Waals surface area contributed by atoms with Gasteiger partial charge in [-0.3, -0.25) is 9.36 Å². The van der Waals surface area contributed by atoms with Gasteiger partial charge < -0.3 is 0 Å². The van der Waals surface area contributed by atoms with Crippen molar-refractivity contribution in [1.82, 2.24) is 14.8 Å². The minimum atomic E-state index is 0.0108. The molecule has 6 heteroatoms. The highest BCUT2D eigenvalue weighted by atomic mass is 127. The summed E-state index contributed by atoms with van der Waals surface area (Å²) in [4.78, 5) is 11.7. The van der Waals surface area contributed by atoms with E-state index in [1.807, 2.05) is 0 Å². The van der Waals surface area contributed by atoms with E-state index in [4.69, 9.17) is 0 Å². The fourth-order valence-electron chi connectivity index (χ4n) is 1.25. The number of rotatable bonds is 1.